The summed E-state index contributed by atoms with van der Waals surface area (Å²) in [4.78, 5) is 20.3. The molecule has 2 aromatic heterocycles. The third kappa shape index (κ3) is 5.42. The first-order chi connectivity index (χ1) is 12.3. The average molecular weight is 332 g/mol. The molecule has 0 aliphatic heterocycles. The molecule has 0 aliphatic carbocycles. The van der Waals surface area contributed by atoms with Crippen molar-refractivity contribution in [3.8, 4) is 0 Å². The molecule has 1 amide bonds. The van der Waals surface area contributed by atoms with Gasteiger partial charge in [-0.1, -0.05) is 30.3 Å². The van der Waals surface area contributed by atoms with Crippen molar-refractivity contribution in [3.63, 3.8) is 0 Å². The first-order valence-electron chi connectivity index (χ1n) is 8.22. The standard InChI is InChI=1S/C20H20N4O/c25-20(9-6-16-4-2-1-3-5-16)24-19-8-7-18(15-23-19)22-14-17-10-12-21-13-11-17/h1-5,7-8,10-13,15,22H,6,9,14H2,(H,23,24,25). The number of amides is 1. The maximum atomic E-state index is 12.0. The lowest BCUT2D eigenvalue weighted by atomic mass is 10.1. The summed E-state index contributed by atoms with van der Waals surface area (Å²) in [5, 5.41) is 6.11. The van der Waals surface area contributed by atoms with Crippen molar-refractivity contribution in [1.82, 2.24) is 9.97 Å². The number of benzene rings is 1. The molecule has 0 aliphatic rings. The quantitative estimate of drug-likeness (QED) is 0.693. The van der Waals surface area contributed by atoms with Crippen molar-refractivity contribution in [1.29, 1.82) is 0 Å². The van der Waals surface area contributed by atoms with Crippen LogP contribution in [0.4, 0.5) is 11.5 Å². The zero-order valence-electron chi connectivity index (χ0n) is 13.9. The van der Waals surface area contributed by atoms with E-state index in [-0.39, 0.29) is 5.91 Å². The summed E-state index contributed by atoms with van der Waals surface area (Å²) in [6, 6.07) is 17.6. The van der Waals surface area contributed by atoms with Gasteiger partial charge < -0.3 is 10.6 Å². The number of carbonyl (C=O) groups excluding carboxylic acids is 1. The van der Waals surface area contributed by atoms with Gasteiger partial charge in [-0.2, -0.15) is 0 Å². The van der Waals surface area contributed by atoms with E-state index in [9.17, 15) is 4.79 Å². The van der Waals surface area contributed by atoms with Crippen molar-refractivity contribution >= 4 is 17.4 Å². The summed E-state index contributed by atoms with van der Waals surface area (Å²) in [5.41, 5.74) is 3.20. The summed E-state index contributed by atoms with van der Waals surface area (Å²) in [6.07, 6.45) is 6.41. The van der Waals surface area contributed by atoms with Crippen LogP contribution in [0.1, 0.15) is 17.5 Å². The van der Waals surface area contributed by atoms with Crippen LogP contribution in [0.15, 0.2) is 73.2 Å². The highest BCUT2D eigenvalue weighted by atomic mass is 16.1. The second kappa shape index (κ2) is 8.59. The van der Waals surface area contributed by atoms with E-state index in [0.29, 0.717) is 18.8 Å². The fraction of sp³-hybridized carbons (Fsp3) is 0.150. The highest BCUT2D eigenvalue weighted by Crippen LogP contribution is 2.12. The summed E-state index contributed by atoms with van der Waals surface area (Å²) in [5.74, 6) is 0.529. The largest absolute Gasteiger partial charge is 0.380 e. The maximum absolute atomic E-state index is 12.0. The Labute approximate surface area is 147 Å². The number of hydrogen-bond acceptors (Lipinski definition) is 4. The van der Waals surface area contributed by atoms with Crippen LogP contribution < -0.4 is 10.6 Å². The fourth-order valence-corrected chi connectivity index (χ4v) is 2.39. The number of aromatic nitrogens is 2. The molecule has 0 radical (unpaired) electrons. The monoisotopic (exact) mass is 332 g/mol. The first kappa shape index (κ1) is 16.6. The minimum absolute atomic E-state index is 0.0335. The molecule has 0 atom stereocenters. The Balaban J connectivity index is 1.46. The SMILES string of the molecule is O=C(CCc1ccccc1)Nc1ccc(NCc2ccncc2)cn1. The molecule has 0 saturated heterocycles. The summed E-state index contributed by atoms with van der Waals surface area (Å²) >= 11 is 0. The number of nitrogens with one attached hydrogen (secondary N) is 2. The van der Waals surface area contributed by atoms with Crippen LogP contribution in [0.3, 0.4) is 0 Å². The highest BCUT2D eigenvalue weighted by Gasteiger charge is 2.04. The molecule has 5 heteroatoms. The number of nitrogens with zero attached hydrogens (tertiary/aromatic N) is 2. The van der Waals surface area contributed by atoms with Gasteiger partial charge in [-0.3, -0.25) is 9.78 Å². The van der Waals surface area contributed by atoms with Crippen LogP contribution in [0, 0.1) is 0 Å². The summed E-state index contributed by atoms with van der Waals surface area (Å²) < 4.78 is 0. The van der Waals surface area contributed by atoms with Crippen LogP contribution in [-0.4, -0.2) is 15.9 Å². The van der Waals surface area contributed by atoms with Crippen LogP contribution >= 0.6 is 0 Å². The van der Waals surface area contributed by atoms with Crippen molar-refractivity contribution in [3.05, 3.63) is 84.3 Å². The number of anilines is 2. The normalized spacial score (nSPS) is 10.2. The Hall–Kier alpha value is -3.21. The summed E-state index contributed by atoms with van der Waals surface area (Å²) in [6.45, 7) is 0.701. The van der Waals surface area contributed by atoms with Crippen molar-refractivity contribution in [2.75, 3.05) is 10.6 Å². The van der Waals surface area contributed by atoms with E-state index < -0.39 is 0 Å². The molecule has 3 aromatic rings. The van der Waals surface area contributed by atoms with E-state index in [1.807, 2.05) is 48.5 Å². The van der Waals surface area contributed by atoms with Crippen molar-refractivity contribution < 1.29 is 4.79 Å². The van der Waals surface area contributed by atoms with Crippen LogP contribution in [0.25, 0.3) is 0 Å². The zero-order valence-corrected chi connectivity index (χ0v) is 13.9. The number of pyridine rings is 2. The van der Waals surface area contributed by atoms with Gasteiger partial charge in [0.2, 0.25) is 5.91 Å². The number of hydrogen-bond donors (Lipinski definition) is 2. The third-order valence-electron chi connectivity index (χ3n) is 3.76. The molecule has 0 saturated carbocycles. The molecule has 3 rings (SSSR count). The predicted molar refractivity (Wildman–Crippen MR) is 99.2 cm³/mol. The molecule has 25 heavy (non-hydrogen) atoms. The Bertz CT molecular complexity index is 789. The number of aryl methyl sites for hydroxylation is 1. The van der Waals surface area contributed by atoms with Crippen molar-refractivity contribution in [2.45, 2.75) is 19.4 Å². The van der Waals surface area contributed by atoms with Gasteiger partial charge in [0.25, 0.3) is 0 Å². The molecule has 126 valence electrons. The Morgan fingerprint density at radius 1 is 0.920 bits per heavy atom. The van der Waals surface area contributed by atoms with Crippen molar-refractivity contribution in [2.24, 2.45) is 0 Å². The number of rotatable bonds is 7. The third-order valence-corrected chi connectivity index (χ3v) is 3.76. The highest BCUT2D eigenvalue weighted by molar-refractivity contribution is 5.89. The van der Waals surface area contributed by atoms with E-state index in [2.05, 4.69) is 20.6 Å². The second-order valence-electron chi connectivity index (χ2n) is 5.67. The molecular formula is C20H20N4O. The topological polar surface area (TPSA) is 66.9 Å². The zero-order chi connectivity index (χ0) is 17.3. The molecule has 0 unspecified atom stereocenters. The molecule has 0 spiro atoms. The molecule has 5 nitrogen and oxygen atoms in total. The van der Waals surface area contributed by atoms with Crippen LogP contribution in [0.2, 0.25) is 0 Å². The van der Waals surface area contributed by atoms with E-state index in [1.165, 1.54) is 0 Å². The van der Waals surface area contributed by atoms with Gasteiger partial charge in [-0.15, -0.1) is 0 Å². The van der Waals surface area contributed by atoms with Gasteiger partial charge >= 0.3 is 0 Å². The van der Waals surface area contributed by atoms with Crippen LogP contribution in [-0.2, 0) is 17.8 Å². The van der Waals surface area contributed by atoms with Gasteiger partial charge in [0.15, 0.2) is 0 Å². The molecule has 1 aromatic carbocycles. The second-order valence-corrected chi connectivity index (χ2v) is 5.67. The minimum atomic E-state index is -0.0335. The minimum Gasteiger partial charge on any atom is -0.380 e. The lowest BCUT2D eigenvalue weighted by molar-refractivity contribution is -0.116. The summed E-state index contributed by atoms with van der Waals surface area (Å²) in [7, 11) is 0. The lowest BCUT2D eigenvalue weighted by Gasteiger charge is -2.08. The smallest absolute Gasteiger partial charge is 0.225 e. The molecular weight excluding hydrogens is 312 g/mol. The number of carbonyl (C=O) groups is 1. The van der Waals surface area contributed by atoms with Gasteiger partial charge in [-0.05, 0) is 41.8 Å². The maximum Gasteiger partial charge on any atom is 0.225 e. The Morgan fingerprint density at radius 3 is 2.44 bits per heavy atom. The van der Waals surface area contributed by atoms with Gasteiger partial charge in [0.1, 0.15) is 5.82 Å². The molecule has 0 fully saturated rings. The van der Waals surface area contributed by atoms with E-state index >= 15 is 0 Å². The average Bonchev–Trinajstić information content (AvgIpc) is 2.67. The van der Waals surface area contributed by atoms with E-state index in [1.54, 1.807) is 24.7 Å². The molecule has 0 bridgehead atoms. The van der Waals surface area contributed by atoms with E-state index in [4.69, 9.17) is 0 Å². The van der Waals surface area contributed by atoms with Gasteiger partial charge in [0, 0.05) is 25.4 Å². The first-order valence-corrected chi connectivity index (χ1v) is 8.22. The Morgan fingerprint density at radius 2 is 1.72 bits per heavy atom. The fourth-order valence-electron chi connectivity index (χ4n) is 2.39. The molecule has 2 N–H and O–H groups in total. The lowest BCUT2D eigenvalue weighted by Crippen LogP contribution is -2.13. The van der Waals surface area contributed by atoms with Gasteiger partial charge in [-0.25, -0.2) is 4.98 Å². The van der Waals surface area contributed by atoms with E-state index in [0.717, 1.165) is 23.2 Å². The Kier molecular flexibility index (Phi) is 5.72. The molecule has 2 heterocycles. The van der Waals surface area contributed by atoms with Crippen LogP contribution in [0.5, 0.6) is 0 Å². The predicted octanol–water partition coefficient (Wildman–Crippen LogP) is 3.66. The van der Waals surface area contributed by atoms with Gasteiger partial charge in [0.05, 0.1) is 11.9 Å².